The highest BCUT2D eigenvalue weighted by Crippen LogP contribution is 2.18. The van der Waals surface area contributed by atoms with Crippen LogP contribution < -0.4 is 5.32 Å². The zero-order valence-corrected chi connectivity index (χ0v) is 14.6. The number of rotatable bonds is 7. The molecule has 1 unspecified atom stereocenters. The van der Waals surface area contributed by atoms with Gasteiger partial charge in [-0.25, -0.2) is 4.39 Å². The Hall–Kier alpha value is -2.21. The van der Waals surface area contributed by atoms with Crippen molar-refractivity contribution in [2.24, 2.45) is 0 Å². The maximum Gasteiger partial charge on any atom is 0.220 e. The Balaban J connectivity index is 1.91. The molecule has 0 saturated carbocycles. The number of hydrogen-bond acceptors (Lipinski definition) is 4. The van der Waals surface area contributed by atoms with Gasteiger partial charge in [-0.1, -0.05) is 17.3 Å². The molecule has 1 heterocycles. The van der Waals surface area contributed by atoms with Gasteiger partial charge in [0.25, 0.3) is 0 Å². The molecule has 24 heavy (non-hydrogen) atoms. The van der Waals surface area contributed by atoms with Crippen LogP contribution in [0, 0.1) is 19.7 Å². The van der Waals surface area contributed by atoms with E-state index in [0.29, 0.717) is 19.4 Å². The number of aromatic nitrogens is 1. The smallest absolute Gasteiger partial charge is 0.220 e. The van der Waals surface area contributed by atoms with Gasteiger partial charge >= 0.3 is 0 Å². The first kappa shape index (κ1) is 18.1. The van der Waals surface area contributed by atoms with Gasteiger partial charge in [-0.05, 0) is 52.1 Å². The molecular formula is C18H24FN3O2. The van der Waals surface area contributed by atoms with E-state index in [0.717, 1.165) is 22.6 Å². The number of nitrogens with one attached hydrogen (secondary N) is 1. The van der Waals surface area contributed by atoms with Gasteiger partial charge in [-0.3, -0.25) is 4.79 Å². The Morgan fingerprint density at radius 3 is 2.71 bits per heavy atom. The van der Waals surface area contributed by atoms with E-state index in [2.05, 4.69) is 10.5 Å². The molecule has 1 atom stereocenters. The average Bonchev–Trinajstić information content (AvgIpc) is 2.84. The van der Waals surface area contributed by atoms with Crippen LogP contribution in [-0.2, 0) is 11.2 Å². The summed E-state index contributed by atoms with van der Waals surface area (Å²) in [5.41, 5.74) is 2.65. The molecule has 0 fully saturated rings. The van der Waals surface area contributed by atoms with Crippen LogP contribution in [0.5, 0.6) is 0 Å². The Labute approximate surface area is 141 Å². The summed E-state index contributed by atoms with van der Waals surface area (Å²) < 4.78 is 18.5. The molecule has 2 rings (SSSR count). The monoisotopic (exact) mass is 333 g/mol. The summed E-state index contributed by atoms with van der Waals surface area (Å²) in [6, 6.07) is 6.38. The molecule has 1 amide bonds. The molecule has 0 aliphatic heterocycles. The molecule has 0 aliphatic rings. The van der Waals surface area contributed by atoms with Crippen LogP contribution in [0.1, 0.15) is 35.0 Å². The van der Waals surface area contributed by atoms with Crippen molar-refractivity contribution in [2.45, 2.75) is 32.7 Å². The maximum absolute atomic E-state index is 13.4. The number of hydrogen-bond donors (Lipinski definition) is 1. The summed E-state index contributed by atoms with van der Waals surface area (Å²) >= 11 is 0. The highest BCUT2D eigenvalue weighted by molar-refractivity contribution is 5.76. The topological polar surface area (TPSA) is 58.4 Å². The van der Waals surface area contributed by atoms with Gasteiger partial charge in [0.05, 0.1) is 11.7 Å². The first-order chi connectivity index (χ1) is 11.4. The minimum atomic E-state index is -0.274. The predicted molar refractivity (Wildman–Crippen MR) is 90.1 cm³/mol. The number of amides is 1. The van der Waals surface area contributed by atoms with E-state index >= 15 is 0 Å². The zero-order valence-electron chi connectivity index (χ0n) is 14.6. The highest BCUT2D eigenvalue weighted by atomic mass is 19.1. The summed E-state index contributed by atoms with van der Waals surface area (Å²) in [5.74, 6) is 0.438. The number of benzene rings is 1. The maximum atomic E-state index is 13.4. The molecule has 130 valence electrons. The van der Waals surface area contributed by atoms with Crippen molar-refractivity contribution < 1.29 is 13.7 Å². The summed E-state index contributed by atoms with van der Waals surface area (Å²) in [6.07, 6.45) is 0.964. The van der Waals surface area contributed by atoms with Crippen LogP contribution in [0.15, 0.2) is 28.8 Å². The van der Waals surface area contributed by atoms with E-state index in [9.17, 15) is 9.18 Å². The van der Waals surface area contributed by atoms with Crippen molar-refractivity contribution in [1.29, 1.82) is 0 Å². The molecule has 0 saturated heterocycles. The minimum Gasteiger partial charge on any atom is -0.361 e. The second kappa shape index (κ2) is 8.06. The van der Waals surface area contributed by atoms with Gasteiger partial charge in [-0.2, -0.15) is 0 Å². The Morgan fingerprint density at radius 1 is 1.38 bits per heavy atom. The summed E-state index contributed by atoms with van der Waals surface area (Å²) in [5, 5.41) is 6.82. The first-order valence-electron chi connectivity index (χ1n) is 7.98. The van der Waals surface area contributed by atoms with E-state index in [1.807, 2.05) is 38.9 Å². The Kier molecular flexibility index (Phi) is 6.09. The number of halogens is 1. The van der Waals surface area contributed by atoms with Crippen LogP contribution in [0.4, 0.5) is 4.39 Å². The largest absolute Gasteiger partial charge is 0.361 e. The fourth-order valence-corrected chi connectivity index (χ4v) is 2.71. The van der Waals surface area contributed by atoms with Gasteiger partial charge in [-0.15, -0.1) is 0 Å². The lowest BCUT2D eigenvalue weighted by molar-refractivity contribution is -0.121. The lowest BCUT2D eigenvalue weighted by atomic mass is 10.1. The van der Waals surface area contributed by atoms with Crippen molar-refractivity contribution in [3.8, 4) is 0 Å². The number of likely N-dealkylation sites (N-methyl/N-ethyl adjacent to an activating group) is 1. The van der Waals surface area contributed by atoms with Gasteiger partial charge in [0.1, 0.15) is 11.6 Å². The van der Waals surface area contributed by atoms with Gasteiger partial charge in [0.15, 0.2) is 0 Å². The number of carbonyl (C=O) groups excluding carboxylic acids is 1. The Bertz CT molecular complexity index is 678. The fraction of sp³-hybridized carbons (Fsp3) is 0.444. The zero-order chi connectivity index (χ0) is 17.7. The van der Waals surface area contributed by atoms with E-state index in [4.69, 9.17) is 4.52 Å². The first-order valence-corrected chi connectivity index (χ1v) is 7.98. The third kappa shape index (κ3) is 4.64. The van der Waals surface area contributed by atoms with E-state index in [-0.39, 0.29) is 17.8 Å². The van der Waals surface area contributed by atoms with Crippen molar-refractivity contribution in [3.05, 3.63) is 52.7 Å². The molecule has 2 aromatic rings. The molecular weight excluding hydrogens is 309 g/mol. The van der Waals surface area contributed by atoms with Crippen LogP contribution in [0.25, 0.3) is 0 Å². The molecule has 0 aliphatic carbocycles. The molecule has 0 radical (unpaired) electrons. The standard InChI is InChI=1S/C18H24FN3O2/c1-12-16(13(2)24-21-12)8-9-18(23)20-11-17(22(3)4)14-6-5-7-15(19)10-14/h5-7,10,17H,8-9,11H2,1-4H3,(H,20,23). The second-order valence-electron chi connectivity index (χ2n) is 6.14. The van der Waals surface area contributed by atoms with Crippen LogP contribution in [0.2, 0.25) is 0 Å². The predicted octanol–water partition coefficient (Wildman–Crippen LogP) is 2.78. The molecule has 5 nitrogen and oxygen atoms in total. The minimum absolute atomic E-state index is 0.0433. The third-order valence-electron chi connectivity index (χ3n) is 4.13. The van der Waals surface area contributed by atoms with Crippen molar-refractivity contribution >= 4 is 5.91 Å². The normalized spacial score (nSPS) is 12.4. The molecule has 0 spiro atoms. The van der Waals surface area contributed by atoms with Gasteiger partial charge < -0.3 is 14.7 Å². The van der Waals surface area contributed by atoms with E-state index in [1.165, 1.54) is 12.1 Å². The van der Waals surface area contributed by atoms with Crippen LogP contribution in [0.3, 0.4) is 0 Å². The molecule has 1 N–H and O–H groups in total. The van der Waals surface area contributed by atoms with Gasteiger partial charge in [0, 0.05) is 18.5 Å². The van der Waals surface area contributed by atoms with E-state index < -0.39 is 0 Å². The second-order valence-corrected chi connectivity index (χ2v) is 6.14. The molecule has 0 bridgehead atoms. The SMILES string of the molecule is Cc1noc(C)c1CCC(=O)NCC(c1cccc(F)c1)N(C)C. The van der Waals surface area contributed by atoms with Crippen LogP contribution >= 0.6 is 0 Å². The number of aryl methyl sites for hydroxylation is 2. The van der Waals surface area contributed by atoms with E-state index in [1.54, 1.807) is 6.07 Å². The van der Waals surface area contributed by atoms with Crippen molar-refractivity contribution in [2.75, 3.05) is 20.6 Å². The quantitative estimate of drug-likeness (QED) is 0.846. The number of nitrogens with zero attached hydrogens (tertiary/aromatic N) is 2. The summed E-state index contributed by atoms with van der Waals surface area (Å²) in [6.45, 7) is 4.14. The average molecular weight is 333 g/mol. The summed E-state index contributed by atoms with van der Waals surface area (Å²) in [7, 11) is 3.82. The lowest BCUT2D eigenvalue weighted by Crippen LogP contribution is -2.34. The van der Waals surface area contributed by atoms with Crippen LogP contribution in [-0.4, -0.2) is 36.6 Å². The van der Waals surface area contributed by atoms with Gasteiger partial charge in [0.2, 0.25) is 5.91 Å². The van der Waals surface area contributed by atoms with Crippen molar-refractivity contribution in [1.82, 2.24) is 15.4 Å². The summed E-state index contributed by atoms with van der Waals surface area (Å²) in [4.78, 5) is 14.1. The fourth-order valence-electron chi connectivity index (χ4n) is 2.71. The molecule has 6 heteroatoms. The Morgan fingerprint density at radius 2 is 2.12 bits per heavy atom. The highest BCUT2D eigenvalue weighted by Gasteiger charge is 2.16. The number of carbonyl (C=O) groups is 1. The molecule has 1 aromatic carbocycles. The van der Waals surface area contributed by atoms with Crippen molar-refractivity contribution in [3.63, 3.8) is 0 Å². The third-order valence-corrected chi connectivity index (χ3v) is 4.13. The molecule has 1 aromatic heterocycles. The lowest BCUT2D eigenvalue weighted by Gasteiger charge is -2.25.